The van der Waals surface area contributed by atoms with Crippen LogP contribution in [0.15, 0.2) is 29.4 Å². The number of aliphatic hydroxyl groups is 1. The van der Waals surface area contributed by atoms with E-state index >= 15 is 0 Å². The van der Waals surface area contributed by atoms with Crippen LogP contribution in [-0.4, -0.2) is 17.4 Å². The predicted octanol–water partition coefficient (Wildman–Crippen LogP) is 1.04. The van der Waals surface area contributed by atoms with E-state index in [-0.39, 0.29) is 12.3 Å². The van der Waals surface area contributed by atoms with E-state index < -0.39 is 0 Å². The second-order valence-corrected chi connectivity index (χ2v) is 2.93. The molecule has 0 aliphatic rings. The summed E-state index contributed by atoms with van der Waals surface area (Å²) in [7, 11) is 0. The molecule has 1 rings (SSSR count). The summed E-state index contributed by atoms with van der Waals surface area (Å²) in [5.74, 6) is 0. The lowest BCUT2D eigenvalue weighted by molar-refractivity contribution is 0.300. The van der Waals surface area contributed by atoms with Gasteiger partial charge in [-0.25, -0.2) is 0 Å². The minimum atomic E-state index is -0.237. The molecule has 0 radical (unpaired) electrons. The van der Waals surface area contributed by atoms with Gasteiger partial charge in [-0.3, -0.25) is 5.43 Å². The van der Waals surface area contributed by atoms with Crippen molar-refractivity contribution in [3.8, 4) is 12.1 Å². The number of nitrogens with zero attached hydrogens (tertiary/aromatic N) is 3. The number of aliphatic hydroxyl groups excluding tert-OH is 1. The second-order valence-electron chi connectivity index (χ2n) is 2.93. The van der Waals surface area contributed by atoms with Gasteiger partial charge in [-0.1, -0.05) is 18.2 Å². The monoisotopic (exact) mass is 214 g/mol. The van der Waals surface area contributed by atoms with Crippen molar-refractivity contribution in [1.82, 2.24) is 0 Å². The standard InChI is InChI=1S/C11H10N4O/c12-7-10(8-13)14-15-11-4-2-1-3-9(11)5-6-16/h1-4,15-16H,5-6H2. The molecule has 2 N–H and O–H groups in total. The Morgan fingerprint density at radius 1 is 1.31 bits per heavy atom. The van der Waals surface area contributed by atoms with E-state index in [0.29, 0.717) is 12.1 Å². The van der Waals surface area contributed by atoms with Crippen LogP contribution in [0.2, 0.25) is 0 Å². The average Bonchev–Trinajstić information content (AvgIpc) is 2.33. The Morgan fingerprint density at radius 2 is 2.00 bits per heavy atom. The first-order valence-electron chi connectivity index (χ1n) is 4.64. The van der Waals surface area contributed by atoms with Crippen molar-refractivity contribution in [2.24, 2.45) is 5.10 Å². The lowest BCUT2D eigenvalue weighted by Crippen LogP contribution is -2.00. The van der Waals surface area contributed by atoms with Crippen molar-refractivity contribution in [3.05, 3.63) is 29.8 Å². The minimum absolute atomic E-state index is 0.0335. The smallest absolute Gasteiger partial charge is 0.237 e. The third-order valence-electron chi connectivity index (χ3n) is 1.90. The summed E-state index contributed by atoms with van der Waals surface area (Å²) >= 11 is 0. The van der Waals surface area contributed by atoms with Gasteiger partial charge in [0.15, 0.2) is 0 Å². The van der Waals surface area contributed by atoms with Gasteiger partial charge in [-0.15, -0.1) is 0 Å². The van der Waals surface area contributed by atoms with E-state index in [2.05, 4.69) is 10.5 Å². The predicted molar refractivity (Wildman–Crippen MR) is 59.5 cm³/mol. The molecule has 5 nitrogen and oxygen atoms in total. The maximum absolute atomic E-state index is 8.85. The van der Waals surface area contributed by atoms with Crippen molar-refractivity contribution in [1.29, 1.82) is 10.5 Å². The van der Waals surface area contributed by atoms with E-state index in [1.807, 2.05) is 12.1 Å². The van der Waals surface area contributed by atoms with Gasteiger partial charge in [-0.2, -0.15) is 15.6 Å². The highest BCUT2D eigenvalue weighted by atomic mass is 16.2. The summed E-state index contributed by atoms with van der Waals surface area (Å²) in [6.45, 7) is 0.0335. The van der Waals surface area contributed by atoms with Crippen molar-refractivity contribution >= 4 is 11.4 Å². The molecule has 80 valence electrons. The first-order valence-corrected chi connectivity index (χ1v) is 4.64. The van der Waals surface area contributed by atoms with Crippen LogP contribution >= 0.6 is 0 Å². The van der Waals surface area contributed by atoms with Gasteiger partial charge in [0.25, 0.3) is 0 Å². The first-order chi connectivity index (χ1) is 7.81. The molecular formula is C11H10N4O. The SMILES string of the molecule is N#CC(C#N)=NNc1ccccc1CCO. The molecule has 0 atom stereocenters. The Hall–Kier alpha value is -2.37. The number of rotatable bonds is 4. The highest BCUT2D eigenvalue weighted by Gasteiger charge is 2.00. The normalized spacial score (nSPS) is 8.69. The zero-order valence-electron chi connectivity index (χ0n) is 8.51. The molecule has 1 aromatic carbocycles. The average molecular weight is 214 g/mol. The molecule has 0 heterocycles. The van der Waals surface area contributed by atoms with Gasteiger partial charge in [0.05, 0.1) is 5.69 Å². The summed E-state index contributed by atoms with van der Waals surface area (Å²) in [4.78, 5) is 0. The number of hydrogen-bond acceptors (Lipinski definition) is 5. The number of hydrazone groups is 1. The fourth-order valence-corrected chi connectivity index (χ4v) is 1.16. The van der Waals surface area contributed by atoms with Gasteiger partial charge >= 0.3 is 0 Å². The van der Waals surface area contributed by atoms with Gasteiger partial charge in [0.1, 0.15) is 12.1 Å². The van der Waals surface area contributed by atoms with Crippen molar-refractivity contribution in [2.75, 3.05) is 12.0 Å². The van der Waals surface area contributed by atoms with Crippen LogP contribution in [-0.2, 0) is 6.42 Å². The molecule has 0 fully saturated rings. The Balaban J connectivity index is 2.86. The number of nitriles is 2. The van der Waals surface area contributed by atoms with Crippen molar-refractivity contribution in [2.45, 2.75) is 6.42 Å². The molecule has 0 aliphatic heterocycles. The molecule has 5 heteroatoms. The summed E-state index contributed by atoms with van der Waals surface area (Å²) in [6, 6.07) is 10.6. The van der Waals surface area contributed by atoms with E-state index in [4.69, 9.17) is 15.6 Å². The molecule has 0 bridgehead atoms. The number of hydrogen-bond donors (Lipinski definition) is 2. The summed E-state index contributed by atoms with van der Waals surface area (Å²) < 4.78 is 0. The molecule has 0 aliphatic carbocycles. The van der Waals surface area contributed by atoms with Gasteiger partial charge in [0.2, 0.25) is 5.71 Å². The number of benzene rings is 1. The third kappa shape index (κ3) is 3.09. The van der Waals surface area contributed by atoms with Crippen LogP contribution in [0, 0.1) is 22.7 Å². The van der Waals surface area contributed by atoms with Crippen LogP contribution in [0.4, 0.5) is 5.69 Å². The zero-order valence-corrected chi connectivity index (χ0v) is 8.51. The molecule has 0 spiro atoms. The number of anilines is 1. The Morgan fingerprint density at radius 3 is 2.62 bits per heavy atom. The first kappa shape index (κ1) is 11.7. The minimum Gasteiger partial charge on any atom is -0.396 e. The fourth-order valence-electron chi connectivity index (χ4n) is 1.16. The molecule has 0 saturated heterocycles. The second kappa shape index (κ2) is 6.18. The maximum atomic E-state index is 8.85. The molecule has 1 aromatic rings. The van der Waals surface area contributed by atoms with Crippen LogP contribution in [0.3, 0.4) is 0 Å². The fraction of sp³-hybridized carbons (Fsp3) is 0.182. The maximum Gasteiger partial charge on any atom is 0.237 e. The summed E-state index contributed by atoms with van der Waals surface area (Å²) in [5.41, 5.74) is 3.95. The molecule has 0 aromatic heterocycles. The Labute approximate surface area is 93.3 Å². The summed E-state index contributed by atoms with van der Waals surface area (Å²) in [6.07, 6.45) is 0.493. The zero-order chi connectivity index (χ0) is 11.8. The molecule has 0 saturated carbocycles. The lowest BCUT2D eigenvalue weighted by Gasteiger charge is -2.06. The highest BCUT2D eigenvalue weighted by Crippen LogP contribution is 2.15. The van der Waals surface area contributed by atoms with Crippen LogP contribution < -0.4 is 5.43 Å². The van der Waals surface area contributed by atoms with Gasteiger partial charge in [-0.05, 0) is 18.1 Å². The molecule has 0 unspecified atom stereocenters. The summed E-state index contributed by atoms with van der Waals surface area (Å²) in [5, 5.41) is 29.5. The number of nitrogens with one attached hydrogen (secondary N) is 1. The third-order valence-corrected chi connectivity index (χ3v) is 1.90. The van der Waals surface area contributed by atoms with E-state index in [1.54, 1.807) is 24.3 Å². The molecular weight excluding hydrogens is 204 g/mol. The van der Waals surface area contributed by atoms with E-state index in [9.17, 15) is 0 Å². The quantitative estimate of drug-likeness (QED) is 0.578. The lowest BCUT2D eigenvalue weighted by atomic mass is 10.1. The molecule has 0 amide bonds. The van der Waals surface area contributed by atoms with Gasteiger partial charge in [0, 0.05) is 6.61 Å². The van der Waals surface area contributed by atoms with Crippen molar-refractivity contribution < 1.29 is 5.11 Å². The van der Waals surface area contributed by atoms with E-state index in [1.165, 1.54) is 0 Å². The van der Waals surface area contributed by atoms with E-state index in [0.717, 1.165) is 5.56 Å². The Bertz CT molecular complexity index is 452. The Kier molecular flexibility index (Phi) is 4.52. The van der Waals surface area contributed by atoms with Crippen LogP contribution in [0.25, 0.3) is 0 Å². The highest BCUT2D eigenvalue weighted by molar-refractivity contribution is 6.10. The van der Waals surface area contributed by atoms with Crippen molar-refractivity contribution in [3.63, 3.8) is 0 Å². The van der Waals surface area contributed by atoms with Crippen LogP contribution in [0.5, 0.6) is 0 Å². The van der Waals surface area contributed by atoms with Gasteiger partial charge < -0.3 is 5.11 Å². The molecule has 16 heavy (non-hydrogen) atoms. The topological polar surface area (TPSA) is 92.2 Å². The van der Waals surface area contributed by atoms with Crippen LogP contribution in [0.1, 0.15) is 5.56 Å². The number of para-hydroxylation sites is 1. The largest absolute Gasteiger partial charge is 0.396 e.